The van der Waals surface area contributed by atoms with Crippen LogP contribution in [0.15, 0.2) is 18.2 Å². The van der Waals surface area contributed by atoms with Gasteiger partial charge < -0.3 is 10.5 Å². The van der Waals surface area contributed by atoms with Gasteiger partial charge in [0.1, 0.15) is 0 Å². The second kappa shape index (κ2) is 4.65. The van der Waals surface area contributed by atoms with Crippen molar-refractivity contribution in [3.8, 4) is 5.75 Å². The lowest BCUT2D eigenvalue weighted by Crippen LogP contribution is -2.41. The Morgan fingerprint density at radius 2 is 2.12 bits per heavy atom. The first-order valence-corrected chi connectivity index (χ1v) is 6.24. The number of hydrogen-bond donors (Lipinski definition) is 1. The van der Waals surface area contributed by atoms with E-state index in [0.717, 1.165) is 18.4 Å². The van der Waals surface area contributed by atoms with Crippen LogP contribution in [0, 0.1) is 5.82 Å². The zero-order valence-electron chi connectivity index (χ0n) is 10.5. The molecular weight excluding hydrogens is 217 g/mol. The quantitative estimate of drug-likeness (QED) is 0.873. The number of rotatable bonds is 4. The molecule has 0 unspecified atom stereocenters. The third-order valence-corrected chi connectivity index (χ3v) is 3.61. The highest BCUT2D eigenvalue weighted by Crippen LogP contribution is 2.43. The average Bonchev–Trinajstić information content (AvgIpc) is 2.20. The molecule has 0 aromatic heterocycles. The fourth-order valence-electron chi connectivity index (χ4n) is 2.39. The molecule has 0 aliphatic heterocycles. The van der Waals surface area contributed by atoms with Crippen LogP contribution in [0.1, 0.15) is 38.7 Å². The van der Waals surface area contributed by atoms with E-state index in [-0.39, 0.29) is 17.3 Å². The fraction of sp³-hybridized carbons (Fsp3) is 0.571. The van der Waals surface area contributed by atoms with E-state index >= 15 is 0 Å². The van der Waals surface area contributed by atoms with Crippen LogP contribution in [-0.4, -0.2) is 12.6 Å². The maximum absolute atomic E-state index is 13.9. The van der Waals surface area contributed by atoms with E-state index in [9.17, 15) is 4.39 Å². The van der Waals surface area contributed by atoms with Crippen molar-refractivity contribution in [2.75, 3.05) is 6.54 Å². The van der Waals surface area contributed by atoms with Crippen LogP contribution < -0.4 is 10.5 Å². The first kappa shape index (κ1) is 12.4. The van der Waals surface area contributed by atoms with Gasteiger partial charge in [-0.25, -0.2) is 4.39 Å². The molecule has 1 aromatic rings. The van der Waals surface area contributed by atoms with Crippen molar-refractivity contribution in [1.82, 2.24) is 0 Å². The molecule has 1 saturated carbocycles. The standard InChI is InChI=1S/C14H20FNO/c1-10(2)17-13-5-4-11(8-12(13)15)14(9-16)6-3-7-14/h4-5,8,10H,3,6-7,9,16H2,1-2H3. The number of nitrogens with two attached hydrogens (primary N) is 1. The molecule has 2 rings (SSSR count). The van der Waals surface area contributed by atoms with Gasteiger partial charge in [0, 0.05) is 12.0 Å². The Balaban J connectivity index is 2.24. The zero-order valence-corrected chi connectivity index (χ0v) is 10.5. The van der Waals surface area contributed by atoms with E-state index in [4.69, 9.17) is 10.5 Å². The molecule has 0 bridgehead atoms. The summed E-state index contributed by atoms with van der Waals surface area (Å²) in [7, 11) is 0. The van der Waals surface area contributed by atoms with E-state index in [1.165, 1.54) is 6.42 Å². The van der Waals surface area contributed by atoms with E-state index < -0.39 is 0 Å². The molecule has 0 heterocycles. The summed E-state index contributed by atoms with van der Waals surface area (Å²) in [5.74, 6) is 0.0474. The van der Waals surface area contributed by atoms with Gasteiger partial charge in [-0.2, -0.15) is 0 Å². The Morgan fingerprint density at radius 3 is 2.53 bits per heavy atom. The summed E-state index contributed by atoms with van der Waals surface area (Å²) >= 11 is 0. The van der Waals surface area contributed by atoms with Gasteiger partial charge in [0.15, 0.2) is 11.6 Å². The molecule has 0 saturated heterocycles. The maximum Gasteiger partial charge on any atom is 0.165 e. The zero-order chi connectivity index (χ0) is 12.5. The maximum atomic E-state index is 13.9. The first-order valence-electron chi connectivity index (χ1n) is 6.24. The van der Waals surface area contributed by atoms with E-state index in [0.29, 0.717) is 12.3 Å². The second-order valence-electron chi connectivity index (χ2n) is 5.15. The van der Waals surface area contributed by atoms with Crippen molar-refractivity contribution in [2.45, 2.75) is 44.6 Å². The van der Waals surface area contributed by atoms with Crippen LogP contribution in [0.3, 0.4) is 0 Å². The van der Waals surface area contributed by atoms with Crippen molar-refractivity contribution in [3.63, 3.8) is 0 Å². The summed E-state index contributed by atoms with van der Waals surface area (Å²) in [6.45, 7) is 4.37. The topological polar surface area (TPSA) is 35.2 Å². The van der Waals surface area contributed by atoms with Gasteiger partial charge in [0.2, 0.25) is 0 Å². The molecular formula is C14H20FNO. The van der Waals surface area contributed by atoms with Crippen LogP contribution >= 0.6 is 0 Å². The van der Waals surface area contributed by atoms with Crippen molar-refractivity contribution >= 4 is 0 Å². The molecule has 94 valence electrons. The molecule has 17 heavy (non-hydrogen) atoms. The summed E-state index contributed by atoms with van der Waals surface area (Å²) in [5, 5.41) is 0. The minimum atomic E-state index is -0.282. The molecule has 0 radical (unpaired) electrons. The second-order valence-corrected chi connectivity index (χ2v) is 5.15. The van der Waals surface area contributed by atoms with Crippen LogP contribution in [0.5, 0.6) is 5.75 Å². The van der Waals surface area contributed by atoms with Crippen molar-refractivity contribution < 1.29 is 9.13 Å². The molecule has 1 aliphatic carbocycles. The Kier molecular flexibility index (Phi) is 3.38. The number of hydrogen-bond acceptors (Lipinski definition) is 2. The van der Waals surface area contributed by atoms with Gasteiger partial charge in [-0.15, -0.1) is 0 Å². The summed E-state index contributed by atoms with van der Waals surface area (Å²) < 4.78 is 19.3. The molecule has 1 aromatic carbocycles. The summed E-state index contributed by atoms with van der Waals surface area (Å²) in [6.07, 6.45) is 3.30. The summed E-state index contributed by atoms with van der Waals surface area (Å²) in [4.78, 5) is 0. The highest BCUT2D eigenvalue weighted by molar-refractivity contribution is 5.35. The van der Waals surface area contributed by atoms with Crippen LogP contribution in [0.2, 0.25) is 0 Å². The lowest BCUT2D eigenvalue weighted by molar-refractivity contribution is 0.228. The highest BCUT2D eigenvalue weighted by atomic mass is 19.1. The Bertz CT molecular complexity index is 394. The predicted octanol–water partition coefficient (Wildman–Crippen LogP) is 2.99. The molecule has 0 spiro atoms. The number of ether oxygens (including phenoxy) is 1. The molecule has 2 N–H and O–H groups in total. The van der Waals surface area contributed by atoms with Crippen molar-refractivity contribution in [1.29, 1.82) is 0 Å². The minimum Gasteiger partial charge on any atom is -0.488 e. The Hall–Kier alpha value is -1.09. The van der Waals surface area contributed by atoms with Gasteiger partial charge in [-0.1, -0.05) is 12.5 Å². The molecule has 1 aliphatic rings. The monoisotopic (exact) mass is 237 g/mol. The average molecular weight is 237 g/mol. The third-order valence-electron chi connectivity index (χ3n) is 3.61. The van der Waals surface area contributed by atoms with E-state index in [2.05, 4.69) is 0 Å². The van der Waals surface area contributed by atoms with E-state index in [1.54, 1.807) is 12.1 Å². The lowest BCUT2D eigenvalue weighted by atomic mass is 9.64. The fourth-order valence-corrected chi connectivity index (χ4v) is 2.39. The van der Waals surface area contributed by atoms with Gasteiger partial charge in [-0.3, -0.25) is 0 Å². The van der Waals surface area contributed by atoms with Gasteiger partial charge >= 0.3 is 0 Å². The van der Waals surface area contributed by atoms with Gasteiger partial charge in [-0.05, 0) is 44.4 Å². The third kappa shape index (κ3) is 2.29. The highest BCUT2D eigenvalue weighted by Gasteiger charge is 2.37. The minimum absolute atomic E-state index is 0.0111. The van der Waals surface area contributed by atoms with Crippen LogP contribution in [-0.2, 0) is 5.41 Å². The van der Waals surface area contributed by atoms with E-state index in [1.807, 2.05) is 19.9 Å². The largest absolute Gasteiger partial charge is 0.488 e. The predicted molar refractivity (Wildman–Crippen MR) is 66.7 cm³/mol. The molecule has 1 fully saturated rings. The molecule has 2 nitrogen and oxygen atoms in total. The number of benzene rings is 1. The first-order chi connectivity index (χ1) is 8.07. The van der Waals surface area contributed by atoms with Crippen molar-refractivity contribution in [2.24, 2.45) is 5.73 Å². The van der Waals surface area contributed by atoms with Crippen LogP contribution in [0.25, 0.3) is 0 Å². The summed E-state index contributed by atoms with van der Waals surface area (Å²) in [5.41, 5.74) is 6.84. The SMILES string of the molecule is CC(C)Oc1ccc(C2(CN)CCC2)cc1F. The number of halogens is 1. The lowest BCUT2D eigenvalue weighted by Gasteiger charge is -2.41. The molecule has 0 atom stereocenters. The Morgan fingerprint density at radius 1 is 1.41 bits per heavy atom. The molecule has 3 heteroatoms. The normalized spacial score (nSPS) is 17.9. The Labute approximate surface area is 102 Å². The van der Waals surface area contributed by atoms with Crippen molar-refractivity contribution in [3.05, 3.63) is 29.6 Å². The summed E-state index contributed by atoms with van der Waals surface area (Å²) in [6, 6.07) is 5.26. The smallest absolute Gasteiger partial charge is 0.165 e. The molecule has 0 amide bonds. The van der Waals surface area contributed by atoms with Gasteiger partial charge in [0.05, 0.1) is 6.10 Å². The van der Waals surface area contributed by atoms with Gasteiger partial charge in [0.25, 0.3) is 0 Å². The van der Waals surface area contributed by atoms with Crippen LogP contribution in [0.4, 0.5) is 4.39 Å².